The lowest BCUT2D eigenvalue weighted by molar-refractivity contribution is -0.134. The second kappa shape index (κ2) is 10.9. The Morgan fingerprint density at radius 1 is 1.16 bits per heavy atom. The van der Waals surface area contributed by atoms with Crippen LogP contribution in [0.4, 0.5) is 10.6 Å². The second-order valence-electron chi connectivity index (χ2n) is 8.89. The lowest BCUT2D eigenvalue weighted by Gasteiger charge is -2.37. The lowest BCUT2D eigenvalue weighted by atomic mass is 9.81. The van der Waals surface area contributed by atoms with E-state index in [-0.39, 0.29) is 22.9 Å². The maximum absolute atomic E-state index is 12.5. The Morgan fingerprint density at radius 3 is 2.41 bits per heavy atom. The molecule has 0 spiro atoms. The molecule has 176 valence electrons. The molecule has 0 aromatic carbocycles. The Balaban J connectivity index is 2.07. The highest BCUT2D eigenvalue weighted by Gasteiger charge is 2.37. The average Bonchev–Trinajstić information content (AvgIpc) is 2.68. The zero-order valence-electron chi connectivity index (χ0n) is 18.9. The van der Waals surface area contributed by atoms with E-state index >= 15 is 0 Å². The van der Waals surface area contributed by atoms with Crippen LogP contribution >= 0.6 is 23.8 Å². The number of nitrogens with one attached hydrogen (secondary N) is 3. The fraction of sp³-hybridized carbons (Fsp3) is 0.571. The molecule has 0 saturated heterocycles. The van der Waals surface area contributed by atoms with Crippen LogP contribution in [-0.2, 0) is 14.3 Å². The topological polar surface area (TPSA) is 113 Å². The molecule has 1 aromatic heterocycles. The molecule has 9 nitrogen and oxygen atoms in total. The number of thiocarbonyl (C=S) groups is 1. The molecular weight excluding hydrogens is 454 g/mol. The summed E-state index contributed by atoms with van der Waals surface area (Å²) < 4.78 is 5.37. The zero-order valence-corrected chi connectivity index (χ0v) is 20.5. The van der Waals surface area contributed by atoms with E-state index in [1.54, 1.807) is 51.9 Å². The predicted molar refractivity (Wildman–Crippen MR) is 127 cm³/mol. The van der Waals surface area contributed by atoms with E-state index < -0.39 is 23.6 Å². The Morgan fingerprint density at radius 2 is 1.84 bits per heavy atom. The summed E-state index contributed by atoms with van der Waals surface area (Å²) in [5.41, 5.74) is -0.665. The van der Waals surface area contributed by atoms with Gasteiger partial charge in [-0.05, 0) is 52.2 Å². The maximum atomic E-state index is 12.5. The van der Waals surface area contributed by atoms with Crippen molar-refractivity contribution in [2.45, 2.75) is 57.7 Å². The van der Waals surface area contributed by atoms with Crippen LogP contribution < -0.4 is 16.0 Å². The smallest absolute Gasteiger partial charge is 0.407 e. The van der Waals surface area contributed by atoms with Gasteiger partial charge in [-0.2, -0.15) is 0 Å². The largest absolute Gasteiger partial charge is 0.444 e. The molecule has 0 bridgehead atoms. The molecule has 3 atom stereocenters. The fourth-order valence-corrected chi connectivity index (χ4v) is 3.72. The Hall–Kier alpha value is -2.46. The van der Waals surface area contributed by atoms with E-state index in [9.17, 15) is 14.4 Å². The van der Waals surface area contributed by atoms with Crippen LogP contribution in [0.3, 0.4) is 0 Å². The van der Waals surface area contributed by atoms with E-state index in [1.807, 2.05) is 0 Å². The predicted octanol–water partition coefficient (Wildman–Crippen LogP) is 2.74. The molecule has 11 heteroatoms. The van der Waals surface area contributed by atoms with Gasteiger partial charge in [0.25, 0.3) is 5.91 Å². The van der Waals surface area contributed by atoms with Gasteiger partial charge in [-0.3, -0.25) is 9.59 Å². The van der Waals surface area contributed by atoms with E-state index in [0.717, 1.165) is 0 Å². The van der Waals surface area contributed by atoms with Crippen molar-refractivity contribution < 1.29 is 19.1 Å². The fourth-order valence-electron chi connectivity index (χ4n) is 3.41. The second-order valence-corrected chi connectivity index (χ2v) is 9.74. The third kappa shape index (κ3) is 7.90. The van der Waals surface area contributed by atoms with Gasteiger partial charge in [0.2, 0.25) is 5.91 Å². The van der Waals surface area contributed by atoms with Crippen molar-refractivity contribution >= 4 is 52.5 Å². The van der Waals surface area contributed by atoms with Crippen LogP contribution in [0.15, 0.2) is 18.3 Å². The van der Waals surface area contributed by atoms with Crippen LogP contribution in [0.5, 0.6) is 0 Å². The Kier molecular flexibility index (Phi) is 8.80. The van der Waals surface area contributed by atoms with E-state index in [0.29, 0.717) is 30.1 Å². The van der Waals surface area contributed by atoms with Crippen LogP contribution in [0.2, 0.25) is 5.02 Å². The van der Waals surface area contributed by atoms with E-state index in [4.69, 9.17) is 28.6 Å². The first-order valence-electron chi connectivity index (χ1n) is 10.3. The van der Waals surface area contributed by atoms with Crippen molar-refractivity contribution in [3.8, 4) is 0 Å². The number of pyridine rings is 1. The number of anilines is 1. The molecule has 3 N–H and O–H groups in total. The number of aromatic nitrogens is 1. The van der Waals surface area contributed by atoms with Crippen molar-refractivity contribution in [1.29, 1.82) is 0 Å². The highest BCUT2D eigenvalue weighted by atomic mass is 35.5. The minimum atomic E-state index is -0.665. The molecule has 1 saturated carbocycles. The van der Waals surface area contributed by atoms with Crippen molar-refractivity contribution in [2.24, 2.45) is 5.92 Å². The molecule has 0 aliphatic heterocycles. The van der Waals surface area contributed by atoms with Crippen molar-refractivity contribution in [3.05, 3.63) is 23.4 Å². The number of hydrogen-bond acceptors (Lipinski definition) is 6. The SMILES string of the molecule is CN(C)C(=O)[C@H]1CC[C@H](NC(=S)C(=O)Nc2ccc(Cl)cn2)[C@H](NC(=O)OC(C)(C)C)C1. The van der Waals surface area contributed by atoms with Gasteiger partial charge in [0.05, 0.1) is 11.1 Å². The van der Waals surface area contributed by atoms with Gasteiger partial charge in [0.15, 0.2) is 4.99 Å². The molecule has 2 rings (SSSR count). The minimum Gasteiger partial charge on any atom is -0.444 e. The summed E-state index contributed by atoms with van der Waals surface area (Å²) in [4.78, 5) is 42.9. The van der Waals surface area contributed by atoms with Gasteiger partial charge in [-0.1, -0.05) is 23.8 Å². The zero-order chi connectivity index (χ0) is 24.1. The first-order chi connectivity index (χ1) is 14.9. The lowest BCUT2D eigenvalue weighted by Crippen LogP contribution is -2.57. The summed E-state index contributed by atoms with van der Waals surface area (Å²) >= 11 is 11.1. The van der Waals surface area contributed by atoms with Gasteiger partial charge in [-0.15, -0.1) is 0 Å². The number of ether oxygens (including phenoxy) is 1. The standard InChI is InChI=1S/C21H30ClN5O4S/c1-21(2,3)31-20(30)25-15-10-12(19(29)27(4)5)6-8-14(15)24-18(32)17(28)26-16-9-7-13(22)11-23-16/h7,9,11-12,14-15H,6,8,10H2,1-5H3,(H,24,32)(H,25,30)(H,23,26,28)/t12-,14-,15+/m0/s1. The molecule has 1 aliphatic rings. The number of carbonyl (C=O) groups excluding carboxylic acids is 3. The molecule has 0 unspecified atom stereocenters. The Labute approximate surface area is 198 Å². The van der Waals surface area contributed by atoms with Gasteiger partial charge in [0, 0.05) is 32.3 Å². The van der Waals surface area contributed by atoms with Gasteiger partial charge >= 0.3 is 6.09 Å². The van der Waals surface area contributed by atoms with Crippen LogP contribution in [-0.4, -0.2) is 64.6 Å². The van der Waals surface area contributed by atoms with Gasteiger partial charge in [0.1, 0.15) is 11.4 Å². The highest BCUT2D eigenvalue weighted by Crippen LogP contribution is 2.27. The summed E-state index contributed by atoms with van der Waals surface area (Å²) in [7, 11) is 3.40. The molecule has 1 aromatic rings. The number of amides is 3. The molecule has 0 radical (unpaired) electrons. The van der Waals surface area contributed by atoms with Gasteiger partial charge in [-0.25, -0.2) is 9.78 Å². The third-order valence-corrected chi connectivity index (χ3v) is 5.36. The van der Waals surface area contributed by atoms with Gasteiger partial charge < -0.3 is 25.6 Å². The summed E-state index contributed by atoms with van der Waals surface area (Å²) in [6.07, 6.45) is 2.36. The number of rotatable bonds is 4. The average molecular weight is 484 g/mol. The molecule has 32 heavy (non-hydrogen) atoms. The molecule has 3 amide bonds. The van der Waals surface area contributed by atoms with Crippen molar-refractivity contribution in [2.75, 3.05) is 19.4 Å². The maximum Gasteiger partial charge on any atom is 0.407 e. The van der Waals surface area contributed by atoms with E-state index in [2.05, 4.69) is 20.9 Å². The minimum absolute atomic E-state index is 0.00595. The summed E-state index contributed by atoms with van der Waals surface area (Å²) in [5.74, 6) is -0.471. The first kappa shape index (κ1) is 25.8. The molecular formula is C21H30ClN5O4S. The highest BCUT2D eigenvalue weighted by molar-refractivity contribution is 7.82. The molecule has 1 aliphatic carbocycles. The van der Waals surface area contributed by atoms with Crippen LogP contribution in [0.1, 0.15) is 40.0 Å². The molecule has 1 heterocycles. The number of alkyl carbamates (subject to hydrolysis) is 1. The number of hydrogen-bond donors (Lipinski definition) is 3. The quantitative estimate of drug-likeness (QED) is 0.564. The third-order valence-electron chi connectivity index (χ3n) is 4.83. The van der Waals surface area contributed by atoms with Crippen LogP contribution in [0, 0.1) is 5.92 Å². The number of halogens is 1. The van der Waals surface area contributed by atoms with Crippen molar-refractivity contribution in [3.63, 3.8) is 0 Å². The number of nitrogens with zero attached hydrogens (tertiary/aromatic N) is 2. The molecule has 1 fully saturated rings. The summed E-state index contributed by atoms with van der Waals surface area (Å²) in [6.45, 7) is 5.31. The Bertz CT molecular complexity index is 857. The summed E-state index contributed by atoms with van der Waals surface area (Å²) in [5, 5.41) is 8.91. The van der Waals surface area contributed by atoms with Crippen LogP contribution in [0.25, 0.3) is 0 Å². The normalized spacial score (nSPS) is 20.6. The van der Waals surface area contributed by atoms with E-state index in [1.165, 1.54) is 6.20 Å². The first-order valence-corrected chi connectivity index (χ1v) is 11.1. The number of carbonyl (C=O) groups is 3. The van der Waals surface area contributed by atoms with Crippen molar-refractivity contribution in [1.82, 2.24) is 20.5 Å². The summed E-state index contributed by atoms with van der Waals surface area (Å²) in [6, 6.07) is 2.37. The monoisotopic (exact) mass is 483 g/mol.